The molecule has 0 bridgehead atoms. The summed E-state index contributed by atoms with van der Waals surface area (Å²) in [4.78, 5) is 32.0. The maximum absolute atomic E-state index is 13.0. The molecule has 1 aliphatic rings. The van der Waals surface area contributed by atoms with Crippen molar-refractivity contribution in [1.82, 2.24) is 14.5 Å². The van der Waals surface area contributed by atoms with Gasteiger partial charge in [0.15, 0.2) is 0 Å². The van der Waals surface area contributed by atoms with E-state index in [0.29, 0.717) is 28.7 Å². The third kappa shape index (κ3) is 2.93. The second-order valence-electron chi connectivity index (χ2n) is 6.54. The summed E-state index contributed by atoms with van der Waals surface area (Å²) in [5.74, 6) is -0.254. The first-order chi connectivity index (χ1) is 12.5. The lowest BCUT2D eigenvalue weighted by atomic mass is 10.2. The number of hydrogen-bond donors (Lipinski definition) is 1. The Balaban J connectivity index is 1.67. The van der Waals surface area contributed by atoms with Crippen LogP contribution in [0.1, 0.15) is 26.6 Å². The van der Waals surface area contributed by atoms with Gasteiger partial charge in [-0.3, -0.25) is 14.3 Å². The van der Waals surface area contributed by atoms with Gasteiger partial charge in [-0.25, -0.2) is 9.78 Å². The van der Waals surface area contributed by atoms with Crippen LogP contribution in [-0.4, -0.2) is 38.6 Å². The van der Waals surface area contributed by atoms with Crippen LogP contribution in [0.2, 0.25) is 0 Å². The molecule has 1 N–H and O–H groups in total. The van der Waals surface area contributed by atoms with Gasteiger partial charge in [-0.1, -0.05) is 30.3 Å². The summed E-state index contributed by atoms with van der Waals surface area (Å²) in [5, 5.41) is 9.76. The molecule has 0 unspecified atom stereocenters. The lowest BCUT2D eigenvalue weighted by Crippen LogP contribution is -2.28. The van der Waals surface area contributed by atoms with Gasteiger partial charge < -0.3 is 5.11 Å². The summed E-state index contributed by atoms with van der Waals surface area (Å²) < 4.78 is 1.72. The molecule has 0 radical (unpaired) electrons. The molecule has 3 aromatic rings. The van der Waals surface area contributed by atoms with Gasteiger partial charge in [-0.2, -0.15) is 0 Å². The first-order valence-corrected chi connectivity index (χ1v) is 9.38. The number of benzene rings is 1. The Labute approximate surface area is 154 Å². The molecule has 7 heteroatoms. The Morgan fingerprint density at radius 2 is 2.00 bits per heavy atom. The smallest absolute Gasteiger partial charge is 0.346 e. The molecular weight excluding hydrogens is 350 g/mol. The van der Waals surface area contributed by atoms with Crippen LogP contribution in [-0.2, 0) is 19.5 Å². The van der Waals surface area contributed by atoms with Crippen molar-refractivity contribution in [2.75, 3.05) is 13.1 Å². The van der Waals surface area contributed by atoms with Crippen molar-refractivity contribution in [3.8, 4) is 0 Å². The highest BCUT2D eigenvalue weighted by Crippen LogP contribution is 2.27. The largest absolute Gasteiger partial charge is 0.477 e. The molecule has 0 spiro atoms. The quantitative estimate of drug-likeness (QED) is 0.768. The van der Waals surface area contributed by atoms with E-state index in [1.54, 1.807) is 11.5 Å². The lowest BCUT2D eigenvalue weighted by Gasteiger charge is -2.19. The monoisotopic (exact) mass is 369 g/mol. The Kier molecular flexibility index (Phi) is 4.34. The minimum absolute atomic E-state index is 0.118. The second kappa shape index (κ2) is 6.66. The van der Waals surface area contributed by atoms with Gasteiger partial charge in [0.05, 0.1) is 5.39 Å². The SMILES string of the molecule is Cc1c(C(=O)O)sc2nc3n(c(=O)c12)CCN(Cc1ccccc1)CC3. The van der Waals surface area contributed by atoms with Gasteiger partial charge >= 0.3 is 5.97 Å². The zero-order valence-corrected chi connectivity index (χ0v) is 15.3. The summed E-state index contributed by atoms with van der Waals surface area (Å²) in [6.45, 7) is 4.70. The van der Waals surface area contributed by atoms with Crippen molar-refractivity contribution >= 4 is 27.5 Å². The number of carbonyl (C=O) groups is 1. The fourth-order valence-electron chi connectivity index (χ4n) is 3.50. The summed E-state index contributed by atoms with van der Waals surface area (Å²) in [6.07, 6.45) is 0.678. The number of hydrogen-bond acceptors (Lipinski definition) is 5. The number of carboxylic acids is 1. The van der Waals surface area contributed by atoms with Gasteiger partial charge in [0, 0.05) is 32.6 Å². The number of carboxylic acid groups (broad SMARTS) is 1. The summed E-state index contributed by atoms with van der Waals surface area (Å²) >= 11 is 1.09. The third-order valence-corrected chi connectivity index (χ3v) is 6.04. The van der Waals surface area contributed by atoms with Gasteiger partial charge in [0.1, 0.15) is 15.5 Å². The van der Waals surface area contributed by atoms with Gasteiger partial charge in [0.2, 0.25) is 0 Å². The highest BCUT2D eigenvalue weighted by atomic mass is 32.1. The van der Waals surface area contributed by atoms with Crippen molar-refractivity contribution in [2.24, 2.45) is 0 Å². The average Bonchev–Trinajstić information content (AvgIpc) is 2.82. The molecule has 0 saturated heterocycles. The van der Waals surface area contributed by atoms with Crippen molar-refractivity contribution in [3.05, 3.63) is 62.5 Å². The van der Waals surface area contributed by atoms with Crippen LogP contribution in [0.15, 0.2) is 35.1 Å². The Morgan fingerprint density at radius 1 is 1.23 bits per heavy atom. The number of aromatic carboxylic acids is 1. The molecule has 1 aromatic carbocycles. The molecule has 6 nitrogen and oxygen atoms in total. The molecule has 0 atom stereocenters. The van der Waals surface area contributed by atoms with E-state index in [1.807, 2.05) is 18.2 Å². The predicted molar refractivity (Wildman–Crippen MR) is 101 cm³/mol. The molecule has 134 valence electrons. The van der Waals surface area contributed by atoms with E-state index in [1.165, 1.54) is 5.56 Å². The molecular formula is C19H19N3O3S. The van der Waals surface area contributed by atoms with Crippen LogP contribution in [0, 0.1) is 6.92 Å². The van der Waals surface area contributed by atoms with E-state index in [-0.39, 0.29) is 10.4 Å². The van der Waals surface area contributed by atoms with Crippen LogP contribution in [0.5, 0.6) is 0 Å². The van der Waals surface area contributed by atoms with E-state index >= 15 is 0 Å². The van der Waals surface area contributed by atoms with E-state index in [4.69, 9.17) is 0 Å². The molecule has 26 heavy (non-hydrogen) atoms. The Morgan fingerprint density at radius 3 is 2.73 bits per heavy atom. The third-order valence-electron chi connectivity index (χ3n) is 4.86. The Hall–Kier alpha value is -2.51. The van der Waals surface area contributed by atoms with Crippen molar-refractivity contribution in [1.29, 1.82) is 0 Å². The van der Waals surface area contributed by atoms with Crippen molar-refractivity contribution in [3.63, 3.8) is 0 Å². The minimum Gasteiger partial charge on any atom is -0.477 e. The van der Waals surface area contributed by atoms with Gasteiger partial charge in [-0.15, -0.1) is 11.3 Å². The first kappa shape index (κ1) is 16.9. The van der Waals surface area contributed by atoms with Crippen molar-refractivity contribution < 1.29 is 9.90 Å². The first-order valence-electron chi connectivity index (χ1n) is 8.57. The number of fused-ring (bicyclic) bond motifs is 2. The van der Waals surface area contributed by atoms with Crippen LogP contribution < -0.4 is 5.56 Å². The van der Waals surface area contributed by atoms with E-state index < -0.39 is 5.97 Å². The summed E-state index contributed by atoms with van der Waals surface area (Å²) in [6, 6.07) is 10.3. The fraction of sp³-hybridized carbons (Fsp3) is 0.316. The number of aryl methyl sites for hydroxylation is 1. The van der Waals surface area contributed by atoms with Crippen molar-refractivity contribution in [2.45, 2.75) is 26.4 Å². The summed E-state index contributed by atoms with van der Waals surface area (Å²) in [5.41, 5.74) is 1.66. The number of thiophene rings is 1. The number of nitrogens with zero attached hydrogens (tertiary/aromatic N) is 3. The van der Waals surface area contributed by atoms with E-state index in [9.17, 15) is 14.7 Å². The van der Waals surface area contributed by atoms with E-state index in [0.717, 1.165) is 36.8 Å². The van der Waals surface area contributed by atoms with Crippen LogP contribution in [0.4, 0.5) is 0 Å². The molecule has 2 aromatic heterocycles. The Bertz CT molecular complexity index is 1040. The van der Waals surface area contributed by atoms with Crippen LogP contribution >= 0.6 is 11.3 Å². The maximum Gasteiger partial charge on any atom is 0.346 e. The van der Waals surface area contributed by atoms with Crippen LogP contribution in [0.3, 0.4) is 0 Å². The zero-order valence-electron chi connectivity index (χ0n) is 14.4. The van der Waals surface area contributed by atoms with Gasteiger partial charge in [0.25, 0.3) is 5.56 Å². The van der Waals surface area contributed by atoms with E-state index in [2.05, 4.69) is 22.0 Å². The lowest BCUT2D eigenvalue weighted by molar-refractivity contribution is 0.0701. The van der Waals surface area contributed by atoms with Crippen LogP contribution in [0.25, 0.3) is 10.2 Å². The highest BCUT2D eigenvalue weighted by molar-refractivity contribution is 7.20. The molecule has 0 fully saturated rings. The molecule has 0 aliphatic carbocycles. The average molecular weight is 369 g/mol. The minimum atomic E-state index is -1.00. The predicted octanol–water partition coefficient (Wildman–Crippen LogP) is 2.52. The number of rotatable bonds is 3. The molecule has 4 rings (SSSR count). The molecule has 1 aliphatic heterocycles. The molecule has 0 saturated carbocycles. The molecule has 3 heterocycles. The summed E-state index contributed by atoms with van der Waals surface area (Å²) in [7, 11) is 0. The topological polar surface area (TPSA) is 75.4 Å². The van der Waals surface area contributed by atoms with Gasteiger partial charge in [-0.05, 0) is 18.1 Å². The second-order valence-corrected chi connectivity index (χ2v) is 7.54. The standard InChI is InChI=1S/C19H19N3O3S/c1-12-15-17(26-16(12)19(24)25)20-14-7-8-21(9-10-22(14)18(15)23)11-13-5-3-2-4-6-13/h2-6H,7-11H2,1H3,(H,24,25). The maximum atomic E-state index is 13.0. The molecule has 0 amide bonds. The fourth-order valence-corrected chi connectivity index (χ4v) is 4.52. The highest BCUT2D eigenvalue weighted by Gasteiger charge is 2.23. The normalized spacial score (nSPS) is 15.0. The zero-order chi connectivity index (χ0) is 18.3. The number of aromatic nitrogens is 2.